The minimum absolute atomic E-state index is 0.234. The number of hydrogen-bond acceptors (Lipinski definition) is 4. The molecule has 17 heavy (non-hydrogen) atoms. The number of carboxylic acid groups (broad SMARTS) is 1. The highest BCUT2D eigenvalue weighted by Crippen LogP contribution is 2.00. The first-order valence-electron chi connectivity index (χ1n) is 5.80. The molecule has 1 amide bonds. The van der Waals surface area contributed by atoms with Crippen molar-refractivity contribution in [2.24, 2.45) is 5.73 Å². The van der Waals surface area contributed by atoms with Gasteiger partial charge >= 0.3 is 5.97 Å². The Kier molecular flexibility index (Phi) is 8.35. The third-order valence-corrected chi connectivity index (χ3v) is 2.43. The number of carboxylic acids is 1. The average Bonchev–Trinajstić information content (AvgIpc) is 2.30. The fourth-order valence-electron chi connectivity index (χ4n) is 1.33. The van der Waals surface area contributed by atoms with E-state index in [1.54, 1.807) is 0 Å². The maximum Gasteiger partial charge on any atom is 0.326 e. The highest BCUT2D eigenvalue weighted by molar-refractivity contribution is 5.86. The molecule has 0 rings (SSSR count). The Bertz CT molecular complexity index is 246. The molecular weight excluding hydrogens is 224 g/mol. The minimum atomic E-state index is -1.07. The van der Waals surface area contributed by atoms with Crippen LogP contribution in [0.5, 0.6) is 0 Å². The smallest absolute Gasteiger partial charge is 0.326 e. The third kappa shape index (κ3) is 6.91. The molecule has 0 aromatic heterocycles. The van der Waals surface area contributed by atoms with Crippen molar-refractivity contribution < 1.29 is 19.4 Å². The van der Waals surface area contributed by atoms with Crippen LogP contribution in [0, 0.1) is 0 Å². The molecule has 0 fully saturated rings. The number of amides is 1. The average molecular weight is 246 g/mol. The molecule has 0 saturated heterocycles. The van der Waals surface area contributed by atoms with Crippen LogP contribution in [0.15, 0.2) is 0 Å². The van der Waals surface area contributed by atoms with E-state index in [2.05, 4.69) is 5.32 Å². The number of aliphatic carboxylic acids is 1. The SMILES string of the molecule is CCCCC(N)C(=O)NC(CCOC)C(=O)O. The maximum atomic E-state index is 11.6. The van der Waals surface area contributed by atoms with Crippen molar-refractivity contribution in [2.45, 2.75) is 44.7 Å². The quantitative estimate of drug-likeness (QED) is 0.536. The molecule has 2 atom stereocenters. The molecule has 0 aromatic rings. The zero-order chi connectivity index (χ0) is 13.3. The largest absolute Gasteiger partial charge is 0.480 e. The van der Waals surface area contributed by atoms with E-state index >= 15 is 0 Å². The van der Waals surface area contributed by atoms with Gasteiger partial charge in [-0.15, -0.1) is 0 Å². The molecule has 6 heteroatoms. The summed E-state index contributed by atoms with van der Waals surface area (Å²) in [5, 5.41) is 11.3. The highest BCUT2D eigenvalue weighted by atomic mass is 16.5. The zero-order valence-corrected chi connectivity index (χ0v) is 10.4. The van der Waals surface area contributed by atoms with E-state index in [1.165, 1.54) is 7.11 Å². The third-order valence-electron chi connectivity index (χ3n) is 2.43. The number of ether oxygens (including phenoxy) is 1. The van der Waals surface area contributed by atoms with Gasteiger partial charge in [-0.2, -0.15) is 0 Å². The predicted molar refractivity (Wildman–Crippen MR) is 63.6 cm³/mol. The van der Waals surface area contributed by atoms with E-state index in [0.717, 1.165) is 12.8 Å². The monoisotopic (exact) mass is 246 g/mol. The van der Waals surface area contributed by atoms with Crippen molar-refractivity contribution >= 4 is 11.9 Å². The van der Waals surface area contributed by atoms with Gasteiger partial charge in [-0.05, 0) is 6.42 Å². The number of carbonyl (C=O) groups excluding carboxylic acids is 1. The second kappa shape index (κ2) is 8.95. The van der Waals surface area contributed by atoms with Crippen LogP contribution in [0.3, 0.4) is 0 Å². The molecule has 0 saturated carbocycles. The normalized spacial score (nSPS) is 14.1. The lowest BCUT2D eigenvalue weighted by atomic mass is 10.1. The first-order valence-corrected chi connectivity index (χ1v) is 5.80. The molecule has 0 bridgehead atoms. The second-order valence-electron chi connectivity index (χ2n) is 3.93. The van der Waals surface area contributed by atoms with Crippen molar-refractivity contribution in [2.75, 3.05) is 13.7 Å². The van der Waals surface area contributed by atoms with E-state index in [-0.39, 0.29) is 13.0 Å². The van der Waals surface area contributed by atoms with Crippen molar-refractivity contribution in [1.29, 1.82) is 0 Å². The van der Waals surface area contributed by atoms with Gasteiger partial charge in [0.15, 0.2) is 0 Å². The molecule has 0 heterocycles. The molecule has 4 N–H and O–H groups in total. The molecule has 0 spiro atoms. The lowest BCUT2D eigenvalue weighted by Gasteiger charge is -2.17. The number of methoxy groups -OCH3 is 1. The summed E-state index contributed by atoms with van der Waals surface area (Å²) >= 11 is 0. The summed E-state index contributed by atoms with van der Waals surface area (Å²) in [6.07, 6.45) is 2.61. The van der Waals surface area contributed by atoms with Crippen LogP contribution >= 0.6 is 0 Å². The summed E-state index contributed by atoms with van der Waals surface area (Å²) in [7, 11) is 1.48. The zero-order valence-electron chi connectivity index (χ0n) is 10.4. The Hall–Kier alpha value is -1.14. The molecule has 0 aliphatic carbocycles. The van der Waals surface area contributed by atoms with Crippen molar-refractivity contribution in [1.82, 2.24) is 5.32 Å². The topological polar surface area (TPSA) is 102 Å². The van der Waals surface area contributed by atoms with Gasteiger partial charge in [0.1, 0.15) is 6.04 Å². The number of carbonyl (C=O) groups is 2. The van der Waals surface area contributed by atoms with E-state index in [1.807, 2.05) is 6.92 Å². The van der Waals surface area contributed by atoms with E-state index < -0.39 is 24.0 Å². The summed E-state index contributed by atoms with van der Waals surface area (Å²) in [6, 6.07) is -1.57. The Morgan fingerprint density at radius 3 is 2.53 bits per heavy atom. The molecular formula is C11H22N2O4. The summed E-state index contributed by atoms with van der Waals surface area (Å²) in [4.78, 5) is 22.5. The number of hydrogen-bond donors (Lipinski definition) is 3. The van der Waals surface area contributed by atoms with Crippen molar-refractivity contribution in [3.05, 3.63) is 0 Å². The van der Waals surface area contributed by atoms with Gasteiger partial charge in [0.25, 0.3) is 0 Å². The lowest BCUT2D eigenvalue weighted by molar-refractivity contribution is -0.142. The van der Waals surface area contributed by atoms with Crippen molar-refractivity contribution in [3.63, 3.8) is 0 Å². The van der Waals surface area contributed by atoms with Crippen LogP contribution in [-0.4, -0.2) is 42.8 Å². The molecule has 0 radical (unpaired) electrons. The standard InChI is InChI=1S/C11H22N2O4/c1-3-4-5-8(12)10(14)13-9(11(15)16)6-7-17-2/h8-9H,3-7,12H2,1-2H3,(H,13,14)(H,15,16). The van der Waals surface area contributed by atoms with Crippen LogP contribution in [0.1, 0.15) is 32.6 Å². The summed E-state index contributed by atoms with van der Waals surface area (Å²) in [6.45, 7) is 2.28. The highest BCUT2D eigenvalue weighted by Gasteiger charge is 2.22. The molecule has 0 aliphatic heterocycles. The van der Waals surface area contributed by atoms with Gasteiger partial charge < -0.3 is 20.9 Å². The number of unbranched alkanes of at least 4 members (excludes halogenated alkanes) is 1. The van der Waals surface area contributed by atoms with Crippen LogP contribution in [-0.2, 0) is 14.3 Å². The first kappa shape index (κ1) is 15.9. The second-order valence-corrected chi connectivity index (χ2v) is 3.93. The van der Waals surface area contributed by atoms with E-state index in [0.29, 0.717) is 6.42 Å². The van der Waals surface area contributed by atoms with Gasteiger partial charge in [0.05, 0.1) is 6.04 Å². The predicted octanol–water partition coefficient (Wildman–Crippen LogP) is 0.110. The summed E-state index contributed by atoms with van der Waals surface area (Å²) in [5.41, 5.74) is 5.64. The Morgan fingerprint density at radius 2 is 2.06 bits per heavy atom. The Labute approximate surface area is 102 Å². The van der Waals surface area contributed by atoms with Crippen LogP contribution in [0.2, 0.25) is 0 Å². The molecule has 0 aliphatic rings. The van der Waals surface area contributed by atoms with Crippen LogP contribution < -0.4 is 11.1 Å². The molecule has 2 unspecified atom stereocenters. The Balaban J connectivity index is 4.15. The van der Waals surface area contributed by atoms with Gasteiger partial charge in [-0.1, -0.05) is 19.8 Å². The van der Waals surface area contributed by atoms with E-state index in [9.17, 15) is 9.59 Å². The number of rotatable bonds is 9. The van der Waals surface area contributed by atoms with E-state index in [4.69, 9.17) is 15.6 Å². The van der Waals surface area contributed by atoms with Gasteiger partial charge in [-0.25, -0.2) is 4.79 Å². The minimum Gasteiger partial charge on any atom is -0.480 e. The van der Waals surface area contributed by atoms with Gasteiger partial charge in [-0.3, -0.25) is 4.79 Å². The molecule has 100 valence electrons. The van der Waals surface area contributed by atoms with Crippen LogP contribution in [0.25, 0.3) is 0 Å². The summed E-state index contributed by atoms with van der Waals surface area (Å²) < 4.78 is 4.78. The lowest BCUT2D eigenvalue weighted by Crippen LogP contribution is -2.48. The number of nitrogens with one attached hydrogen (secondary N) is 1. The maximum absolute atomic E-state index is 11.6. The molecule has 6 nitrogen and oxygen atoms in total. The fraction of sp³-hybridized carbons (Fsp3) is 0.818. The van der Waals surface area contributed by atoms with Gasteiger partial charge in [0.2, 0.25) is 5.91 Å². The Morgan fingerprint density at radius 1 is 1.41 bits per heavy atom. The first-order chi connectivity index (χ1) is 8.02. The number of nitrogens with two attached hydrogens (primary N) is 1. The van der Waals surface area contributed by atoms with Crippen LogP contribution in [0.4, 0.5) is 0 Å². The van der Waals surface area contributed by atoms with Crippen molar-refractivity contribution in [3.8, 4) is 0 Å². The molecule has 0 aromatic carbocycles. The summed E-state index contributed by atoms with van der Waals surface area (Å²) in [5.74, 6) is -1.49. The van der Waals surface area contributed by atoms with Gasteiger partial charge in [0, 0.05) is 20.1 Å². The fourth-order valence-corrected chi connectivity index (χ4v) is 1.33.